The molecule has 24 heavy (non-hydrogen) atoms. The average molecular weight is 318 g/mol. The van der Waals surface area contributed by atoms with Gasteiger partial charge in [-0.15, -0.1) is 0 Å². The van der Waals surface area contributed by atoms with Crippen LogP contribution in [0.1, 0.15) is 11.1 Å². The van der Waals surface area contributed by atoms with Gasteiger partial charge in [0.05, 0.1) is 6.21 Å². The molecule has 3 aromatic rings. The lowest BCUT2D eigenvalue weighted by atomic mass is 10.1. The number of benzene rings is 3. The van der Waals surface area contributed by atoms with Crippen LogP contribution in [0.25, 0.3) is 10.8 Å². The van der Waals surface area contributed by atoms with E-state index in [1.165, 1.54) is 5.56 Å². The Kier molecular flexibility index (Phi) is 4.87. The highest BCUT2D eigenvalue weighted by atomic mass is 16.5. The van der Waals surface area contributed by atoms with Crippen LogP contribution in [-0.2, 0) is 4.79 Å². The largest absolute Gasteiger partial charge is 0.484 e. The van der Waals surface area contributed by atoms with Gasteiger partial charge in [-0.25, -0.2) is 5.43 Å². The number of ether oxygens (including phenoxy) is 1. The van der Waals surface area contributed by atoms with E-state index in [-0.39, 0.29) is 12.5 Å². The van der Waals surface area contributed by atoms with E-state index in [1.807, 2.05) is 73.7 Å². The van der Waals surface area contributed by atoms with Crippen molar-refractivity contribution in [3.05, 3.63) is 77.9 Å². The summed E-state index contributed by atoms with van der Waals surface area (Å²) in [6.45, 7) is 1.94. The number of carbonyl (C=O) groups is 1. The van der Waals surface area contributed by atoms with E-state index in [2.05, 4.69) is 10.5 Å². The molecule has 0 aliphatic heterocycles. The molecule has 0 radical (unpaired) electrons. The summed E-state index contributed by atoms with van der Waals surface area (Å²) in [6.07, 6.45) is 1.60. The summed E-state index contributed by atoms with van der Waals surface area (Å²) >= 11 is 0. The van der Waals surface area contributed by atoms with Crippen LogP contribution in [-0.4, -0.2) is 18.7 Å². The first kappa shape index (κ1) is 15.7. The fourth-order valence-electron chi connectivity index (χ4n) is 2.27. The molecule has 0 aliphatic carbocycles. The second-order valence-electron chi connectivity index (χ2n) is 5.50. The van der Waals surface area contributed by atoms with Crippen LogP contribution in [0, 0.1) is 6.92 Å². The van der Waals surface area contributed by atoms with Gasteiger partial charge in [-0.1, -0.05) is 60.2 Å². The molecule has 3 rings (SSSR count). The zero-order valence-corrected chi connectivity index (χ0v) is 13.4. The van der Waals surface area contributed by atoms with E-state index < -0.39 is 0 Å². The molecule has 0 saturated heterocycles. The SMILES string of the molecule is Cc1ccc(C=NNC(=O)COc2ccc3ccccc3c2)cc1. The van der Waals surface area contributed by atoms with Crippen molar-refractivity contribution in [1.82, 2.24) is 5.43 Å². The topological polar surface area (TPSA) is 50.7 Å². The first-order chi connectivity index (χ1) is 11.7. The number of hydrogen-bond acceptors (Lipinski definition) is 3. The molecule has 4 nitrogen and oxygen atoms in total. The lowest BCUT2D eigenvalue weighted by molar-refractivity contribution is -0.123. The summed E-state index contributed by atoms with van der Waals surface area (Å²) in [7, 11) is 0. The summed E-state index contributed by atoms with van der Waals surface area (Å²) in [6, 6.07) is 21.6. The Hall–Kier alpha value is -3.14. The van der Waals surface area contributed by atoms with Gasteiger partial charge in [0.15, 0.2) is 6.61 Å². The molecule has 1 N–H and O–H groups in total. The fraction of sp³-hybridized carbons (Fsp3) is 0.100. The van der Waals surface area contributed by atoms with Crippen LogP contribution >= 0.6 is 0 Å². The number of hydrogen-bond donors (Lipinski definition) is 1. The number of hydrazone groups is 1. The smallest absolute Gasteiger partial charge is 0.277 e. The predicted molar refractivity (Wildman–Crippen MR) is 96.4 cm³/mol. The molecule has 0 fully saturated rings. The zero-order chi connectivity index (χ0) is 16.8. The predicted octanol–water partition coefficient (Wildman–Crippen LogP) is 3.68. The highest BCUT2D eigenvalue weighted by molar-refractivity contribution is 5.84. The van der Waals surface area contributed by atoms with Gasteiger partial charge in [0, 0.05) is 0 Å². The first-order valence-electron chi connectivity index (χ1n) is 7.71. The van der Waals surface area contributed by atoms with Crippen LogP contribution in [0.5, 0.6) is 5.75 Å². The van der Waals surface area contributed by atoms with E-state index in [0.717, 1.165) is 16.3 Å². The number of rotatable bonds is 5. The van der Waals surface area contributed by atoms with Gasteiger partial charge >= 0.3 is 0 Å². The molecule has 0 heterocycles. The van der Waals surface area contributed by atoms with Crippen molar-refractivity contribution in [2.45, 2.75) is 6.92 Å². The highest BCUT2D eigenvalue weighted by Gasteiger charge is 2.02. The van der Waals surface area contributed by atoms with Crippen molar-refractivity contribution < 1.29 is 9.53 Å². The average Bonchev–Trinajstić information content (AvgIpc) is 2.61. The molecule has 4 heteroatoms. The summed E-state index contributed by atoms with van der Waals surface area (Å²) < 4.78 is 5.51. The van der Waals surface area contributed by atoms with Crippen molar-refractivity contribution in [1.29, 1.82) is 0 Å². The standard InChI is InChI=1S/C20H18N2O2/c1-15-6-8-16(9-7-15)13-21-22-20(23)14-24-19-11-10-17-4-2-3-5-18(17)12-19/h2-13H,14H2,1H3,(H,22,23). The summed E-state index contributed by atoms with van der Waals surface area (Å²) in [4.78, 5) is 11.8. The van der Waals surface area contributed by atoms with E-state index in [9.17, 15) is 4.79 Å². The molecule has 0 bridgehead atoms. The zero-order valence-electron chi connectivity index (χ0n) is 13.4. The molecule has 0 unspecified atom stereocenters. The second-order valence-corrected chi connectivity index (χ2v) is 5.50. The van der Waals surface area contributed by atoms with Gasteiger partial charge in [-0.05, 0) is 35.4 Å². The van der Waals surface area contributed by atoms with E-state index in [1.54, 1.807) is 6.21 Å². The van der Waals surface area contributed by atoms with Gasteiger partial charge in [0.25, 0.3) is 5.91 Å². The number of fused-ring (bicyclic) bond motifs is 1. The molecule has 0 spiro atoms. The van der Waals surface area contributed by atoms with Crippen LogP contribution in [0.2, 0.25) is 0 Å². The maximum absolute atomic E-state index is 11.8. The molecule has 120 valence electrons. The monoisotopic (exact) mass is 318 g/mol. The third kappa shape index (κ3) is 4.20. The molecule has 0 saturated carbocycles. The first-order valence-corrected chi connectivity index (χ1v) is 7.71. The maximum atomic E-state index is 11.8. The van der Waals surface area contributed by atoms with Crippen molar-refractivity contribution in [3.63, 3.8) is 0 Å². The fourth-order valence-corrected chi connectivity index (χ4v) is 2.27. The molecule has 3 aromatic carbocycles. The Morgan fingerprint density at radius 2 is 1.79 bits per heavy atom. The Bertz CT molecular complexity index is 870. The minimum atomic E-state index is -0.300. The highest BCUT2D eigenvalue weighted by Crippen LogP contribution is 2.20. The lowest BCUT2D eigenvalue weighted by Gasteiger charge is -2.06. The third-order valence-electron chi connectivity index (χ3n) is 3.57. The van der Waals surface area contributed by atoms with Crippen LogP contribution < -0.4 is 10.2 Å². The minimum Gasteiger partial charge on any atom is -0.484 e. The normalized spacial score (nSPS) is 10.9. The summed E-state index contributed by atoms with van der Waals surface area (Å²) in [5.74, 6) is 0.359. The van der Waals surface area contributed by atoms with Gasteiger partial charge in [0.1, 0.15) is 5.75 Å². The van der Waals surface area contributed by atoms with Crippen LogP contribution in [0.3, 0.4) is 0 Å². The van der Waals surface area contributed by atoms with Gasteiger partial charge in [0.2, 0.25) is 0 Å². The lowest BCUT2D eigenvalue weighted by Crippen LogP contribution is -2.24. The number of nitrogens with one attached hydrogen (secondary N) is 1. The minimum absolute atomic E-state index is 0.0798. The van der Waals surface area contributed by atoms with E-state index >= 15 is 0 Å². The Morgan fingerprint density at radius 1 is 1.04 bits per heavy atom. The molecule has 0 aliphatic rings. The van der Waals surface area contributed by atoms with E-state index in [0.29, 0.717) is 5.75 Å². The van der Waals surface area contributed by atoms with Gasteiger partial charge in [-0.3, -0.25) is 4.79 Å². The Morgan fingerprint density at radius 3 is 2.58 bits per heavy atom. The Balaban J connectivity index is 1.52. The van der Waals surface area contributed by atoms with Crippen molar-refractivity contribution in [2.24, 2.45) is 5.10 Å². The van der Waals surface area contributed by atoms with E-state index in [4.69, 9.17) is 4.74 Å². The molecule has 0 aromatic heterocycles. The summed E-state index contributed by atoms with van der Waals surface area (Å²) in [5.41, 5.74) is 4.57. The van der Waals surface area contributed by atoms with Crippen molar-refractivity contribution >= 4 is 22.9 Å². The van der Waals surface area contributed by atoms with Gasteiger partial charge < -0.3 is 4.74 Å². The van der Waals surface area contributed by atoms with Crippen LogP contribution in [0.4, 0.5) is 0 Å². The second kappa shape index (κ2) is 7.42. The van der Waals surface area contributed by atoms with Crippen LogP contribution in [0.15, 0.2) is 71.8 Å². The number of nitrogens with zero attached hydrogens (tertiary/aromatic N) is 1. The number of amides is 1. The third-order valence-corrected chi connectivity index (χ3v) is 3.57. The maximum Gasteiger partial charge on any atom is 0.277 e. The van der Waals surface area contributed by atoms with Gasteiger partial charge in [-0.2, -0.15) is 5.10 Å². The Labute approximate surface area is 140 Å². The molecule has 0 atom stereocenters. The quantitative estimate of drug-likeness (QED) is 0.576. The number of carbonyl (C=O) groups excluding carboxylic acids is 1. The molecule has 1 amide bonds. The van der Waals surface area contributed by atoms with Crippen molar-refractivity contribution in [2.75, 3.05) is 6.61 Å². The number of aryl methyl sites for hydroxylation is 1. The molecular weight excluding hydrogens is 300 g/mol. The summed E-state index contributed by atoms with van der Waals surface area (Å²) in [5, 5.41) is 6.14. The molecular formula is C20H18N2O2. The van der Waals surface area contributed by atoms with Crippen molar-refractivity contribution in [3.8, 4) is 5.75 Å².